The summed E-state index contributed by atoms with van der Waals surface area (Å²) in [6.45, 7) is 1.38. The zero-order valence-electron chi connectivity index (χ0n) is 6.80. The number of rotatable bonds is 5. The molecule has 1 atom stereocenters. The van der Waals surface area contributed by atoms with Crippen molar-refractivity contribution in [2.24, 2.45) is 0 Å². The third-order valence-electron chi connectivity index (χ3n) is 1.42. The van der Waals surface area contributed by atoms with Crippen LogP contribution in [0.2, 0.25) is 0 Å². The fourth-order valence-corrected chi connectivity index (χ4v) is 0.803. The van der Waals surface area contributed by atoms with Crippen molar-refractivity contribution in [1.29, 1.82) is 0 Å². The predicted molar refractivity (Wildman–Crippen MR) is 39.7 cm³/mol. The molecular formula is C6H15NO5. The van der Waals surface area contributed by atoms with Crippen LogP contribution >= 0.6 is 0 Å². The topological polar surface area (TPSA) is 113 Å². The maximum Gasteiger partial charge on any atom is 0.291 e. The first-order valence-corrected chi connectivity index (χ1v) is 3.64. The van der Waals surface area contributed by atoms with E-state index in [-0.39, 0.29) is 13.0 Å². The summed E-state index contributed by atoms with van der Waals surface area (Å²) in [4.78, 5) is 0. The van der Waals surface area contributed by atoms with Crippen molar-refractivity contribution in [2.75, 3.05) is 6.54 Å². The van der Waals surface area contributed by atoms with Crippen LogP contribution in [-0.2, 0) is 0 Å². The monoisotopic (exact) mass is 181 g/mol. The molecule has 0 fully saturated rings. The smallest absolute Gasteiger partial charge is 0.291 e. The van der Waals surface area contributed by atoms with E-state index in [0.29, 0.717) is 0 Å². The summed E-state index contributed by atoms with van der Waals surface area (Å²) in [6.07, 6.45) is -1.34. The standard InChI is InChI=1S/C6H15NO5/c1-2-4(6(10,11)12)7-3-5(8)9/h4-5,7-12H,2-3H2,1H3. The van der Waals surface area contributed by atoms with Gasteiger partial charge in [-0.1, -0.05) is 6.92 Å². The molecule has 0 aromatic heterocycles. The Morgan fingerprint density at radius 3 is 2.00 bits per heavy atom. The van der Waals surface area contributed by atoms with E-state index in [4.69, 9.17) is 25.5 Å². The molecule has 1 unspecified atom stereocenters. The van der Waals surface area contributed by atoms with E-state index in [1.54, 1.807) is 6.92 Å². The van der Waals surface area contributed by atoms with E-state index < -0.39 is 18.3 Å². The Morgan fingerprint density at radius 2 is 1.75 bits per heavy atom. The summed E-state index contributed by atoms with van der Waals surface area (Å²) in [7, 11) is 0. The van der Waals surface area contributed by atoms with Gasteiger partial charge in [0.15, 0.2) is 6.29 Å². The Morgan fingerprint density at radius 1 is 1.25 bits per heavy atom. The molecule has 0 aliphatic rings. The average molecular weight is 181 g/mol. The van der Waals surface area contributed by atoms with Gasteiger partial charge in [-0.15, -0.1) is 0 Å². The van der Waals surface area contributed by atoms with Crippen LogP contribution in [0, 0.1) is 0 Å². The highest BCUT2D eigenvalue weighted by Crippen LogP contribution is 2.05. The van der Waals surface area contributed by atoms with Gasteiger partial charge in [-0.2, -0.15) is 0 Å². The van der Waals surface area contributed by atoms with Gasteiger partial charge in [-0.3, -0.25) is 0 Å². The van der Waals surface area contributed by atoms with E-state index in [0.717, 1.165) is 0 Å². The van der Waals surface area contributed by atoms with Gasteiger partial charge in [0.1, 0.15) is 0 Å². The maximum absolute atomic E-state index is 8.68. The van der Waals surface area contributed by atoms with Gasteiger partial charge in [-0.25, -0.2) is 0 Å². The Balaban J connectivity index is 3.84. The molecule has 0 aliphatic heterocycles. The van der Waals surface area contributed by atoms with E-state index in [1.165, 1.54) is 0 Å². The molecule has 74 valence electrons. The molecule has 0 radical (unpaired) electrons. The lowest BCUT2D eigenvalue weighted by atomic mass is 10.2. The van der Waals surface area contributed by atoms with Crippen molar-refractivity contribution in [3.8, 4) is 0 Å². The molecule has 0 bridgehead atoms. The second-order valence-corrected chi connectivity index (χ2v) is 2.54. The summed E-state index contributed by atoms with van der Waals surface area (Å²) in [5.74, 6) is -2.83. The fourth-order valence-electron chi connectivity index (χ4n) is 0.803. The van der Waals surface area contributed by atoms with Crippen molar-refractivity contribution >= 4 is 0 Å². The van der Waals surface area contributed by atoms with E-state index >= 15 is 0 Å². The second-order valence-electron chi connectivity index (χ2n) is 2.54. The van der Waals surface area contributed by atoms with Crippen LogP contribution in [0.1, 0.15) is 13.3 Å². The summed E-state index contributed by atoms with van der Waals surface area (Å²) >= 11 is 0. The van der Waals surface area contributed by atoms with Gasteiger partial charge in [0, 0.05) is 6.54 Å². The lowest BCUT2D eigenvalue weighted by Crippen LogP contribution is -2.52. The van der Waals surface area contributed by atoms with E-state index in [9.17, 15) is 0 Å². The normalized spacial score (nSPS) is 15.2. The minimum Gasteiger partial charge on any atom is -0.367 e. The SMILES string of the molecule is CCC(NCC(O)O)C(O)(O)O. The molecule has 0 saturated carbocycles. The minimum absolute atomic E-state index is 0.234. The number of hydrogen-bond acceptors (Lipinski definition) is 6. The van der Waals surface area contributed by atoms with Gasteiger partial charge in [-0.05, 0) is 6.42 Å². The molecule has 6 nitrogen and oxygen atoms in total. The first-order valence-electron chi connectivity index (χ1n) is 3.64. The van der Waals surface area contributed by atoms with Crippen LogP contribution in [0.4, 0.5) is 0 Å². The molecule has 0 aliphatic carbocycles. The van der Waals surface area contributed by atoms with Crippen LogP contribution in [0.5, 0.6) is 0 Å². The lowest BCUT2D eigenvalue weighted by molar-refractivity contribution is -0.328. The molecule has 6 heteroatoms. The summed E-state index contributed by atoms with van der Waals surface area (Å²) in [6, 6.07) is -1.00. The zero-order valence-corrected chi connectivity index (χ0v) is 6.80. The Kier molecular flexibility index (Phi) is 4.61. The first-order chi connectivity index (χ1) is 5.38. The van der Waals surface area contributed by atoms with Crippen molar-refractivity contribution in [2.45, 2.75) is 31.6 Å². The highest BCUT2D eigenvalue weighted by Gasteiger charge is 2.30. The first kappa shape index (κ1) is 11.8. The zero-order chi connectivity index (χ0) is 9.78. The van der Waals surface area contributed by atoms with Gasteiger partial charge < -0.3 is 30.8 Å². The van der Waals surface area contributed by atoms with Crippen molar-refractivity contribution in [1.82, 2.24) is 5.32 Å². The van der Waals surface area contributed by atoms with Gasteiger partial charge in [0.05, 0.1) is 6.04 Å². The number of aliphatic hydroxyl groups excluding tert-OH is 1. The number of hydrogen-bond donors (Lipinski definition) is 6. The maximum atomic E-state index is 8.68. The Bertz CT molecular complexity index is 122. The fraction of sp³-hybridized carbons (Fsp3) is 1.00. The van der Waals surface area contributed by atoms with Crippen LogP contribution < -0.4 is 5.32 Å². The molecule has 0 saturated heterocycles. The van der Waals surface area contributed by atoms with Gasteiger partial charge in [0.25, 0.3) is 5.97 Å². The highest BCUT2D eigenvalue weighted by atomic mass is 16.7. The summed E-state index contributed by atoms with van der Waals surface area (Å²) in [5.41, 5.74) is 0. The predicted octanol–water partition coefficient (Wildman–Crippen LogP) is -2.70. The molecule has 0 spiro atoms. The van der Waals surface area contributed by atoms with Crippen LogP contribution in [0.15, 0.2) is 0 Å². The number of aliphatic hydroxyl groups is 5. The molecule has 0 rings (SSSR count). The molecule has 0 heterocycles. The van der Waals surface area contributed by atoms with Crippen molar-refractivity contribution in [3.05, 3.63) is 0 Å². The molecule has 12 heavy (non-hydrogen) atoms. The number of nitrogens with one attached hydrogen (secondary N) is 1. The van der Waals surface area contributed by atoms with Crippen molar-refractivity contribution < 1.29 is 25.5 Å². The van der Waals surface area contributed by atoms with Crippen LogP contribution in [0.3, 0.4) is 0 Å². The van der Waals surface area contributed by atoms with Gasteiger partial charge >= 0.3 is 0 Å². The average Bonchev–Trinajstić information content (AvgIpc) is 1.85. The minimum atomic E-state index is -2.83. The molecule has 0 amide bonds. The lowest BCUT2D eigenvalue weighted by Gasteiger charge is -2.25. The third kappa shape index (κ3) is 4.60. The Labute approximate surface area is 70.1 Å². The van der Waals surface area contributed by atoms with E-state index in [2.05, 4.69) is 5.32 Å². The molecular weight excluding hydrogens is 166 g/mol. The van der Waals surface area contributed by atoms with Crippen LogP contribution in [-0.4, -0.2) is 50.4 Å². The Hall–Kier alpha value is -0.240. The molecule has 0 aromatic rings. The highest BCUT2D eigenvalue weighted by molar-refractivity contribution is 4.71. The van der Waals surface area contributed by atoms with Crippen molar-refractivity contribution in [3.63, 3.8) is 0 Å². The third-order valence-corrected chi connectivity index (χ3v) is 1.42. The molecule has 6 N–H and O–H groups in total. The van der Waals surface area contributed by atoms with Crippen LogP contribution in [0.25, 0.3) is 0 Å². The second kappa shape index (κ2) is 4.70. The summed E-state index contributed by atoms with van der Waals surface area (Å²) < 4.78 is 0. The van der Waals surface area contributed by atoms with E-state index in [1.807, 2.05) is 0 Å². The van der Waals surface area contributed by atoms with Gasteiger partial charge in [0.2, 0.25) is 0 Å². The largest absolute Gasteiger partial charge is 0.367 e. The quantitative estimate of drug-likeness (QED) is 0.257. The molecule has 0 aromatic carbocycles. The summed E-state index contributed by atoms with van der Waals surface area (Å²) in [5, 5.41) is 45.2.